The molecule has 0 aliphatic carbocycles. The second-order valence-electron chi connectivity index (χ2n) is 5.54. The van der Waals surface area contributed by atoms with Gasteiger partial charge in [0.2, 0.25) is 0 Å². The fourth-order valence-corrected chi connectivity index (χ4v) is 2.93. The van der Waals surface area contributed by atoms with Gasteiger partial charge < -0.3 is 9.47 Å². The number of ether oxygens (including phenoxy) is 2. The first kappa shape index (κ1) is 18.1. The van der Waals surface area contributed by atoms with Crippen LogP contribution < -0.4 is 9.47 Å². The number of halogens is 2. The summed E-state index contributed by atoms with van der Waals surface area (Å²) in [5.74, 6) is 0.916. The van der Waals surface area contributed by atoms with Crippen molar-refractivity contribution in [2.24, 2.45) is 4.99 Å². The molecule has 26 heavy (non-hydrogen) atoms. The number of aliphatic imine (C=N–C) groups is 1. The molecule has 0 bridgehead atoms. The maximum atomic E-state index is 13.0. The zero-order chi connectivity index (χ0) is 18.4. The first-order valence-corrected chi connectivity index (χ1v) is 8.79. The topological polar surface area (TPSA) is 30.8 Å². The van der Waals surface area contributed by atoms with Gasteiger partial charge in [-0.2, -0.15) is 0 Å². The SMILES string of the molecule is COc1cc(C=Nc2ccccc2)cc(Br)c1OCc1ccc(F)cc1. The number of rotatable bonds is 6. The lowest BCUT2D eigenvalue weighted by Crippen LogP contribution is -1.99. The highest BCUT2D eigenvalue weighted by Gasteiger charge is 2.11. The third-order valence-corrected chi connectivity index (χ3v) is 4.26. The summed E-state index contributed by atoms with van der Waals surface area (Å²) in [6, 6.07) is 19.7. The molecule has 0 aliphatic rings. The molecule has 0 heterocycles. The van der Waals surface area contributed by atoms with Crippen LogP contribution in [0.3, 0.4) is 0 Å². The van der Waals surface area contributed by atoms with E-state index < -0.39 is 0 Å². The van der Waals surface area contributed by atoms with E-state index in [-0.39, 0.29) is 5.82 Å². The molecule has 0 aliphatic heterocycles. The lowest BCUT2D eigenvalue weighted by atomic mass is 10.2. The molecule has 3 aromatic rings. The normalized spacial score (nSPS) is 10.9. The zero-order valence-corrected chi connectivity index (χ0v) is 15.7. The van der Waals surface area contributed by atoms with Crippen LogP contribution in [0.15, 0.2) is 76.2 Å². The number of nitrogens with zero attached hydrogens (tertiary/aromatic N) is 1. The fraction of sp³-hybridized carbons (Fsp3) is 0.0952. The number of para-hydroxylation sites is 1. The van der Waals surface area contributed by atoms with Gasteiger partial charge in [0.15, 0.2) is 11.5 Å². The van der Waals surface area contributed by atoms with Crippen LogP contribution >= 0.6 is 15.9 Å². The first-order valence-electron chi connectivity index (χ1n) is 7.99. The van der Waals surface area contributed by atoms with E-state index in [1.54, 1.807) is 25.5 Å². The number of benzene rings is 3. The summed E-state index contributed by atoms with van der Waals surface area (Å²) in [5.41, 5.74) is 2.63. The third-order valence-electron chi connectivity index (χ3n) is 3.67. The highest BCUT2D eigenvalue weighted by atomic mass is 79.9. The first-order chi connectivity index (χ1) is 12.7. The predicted molar refractivity (Wildman–Crippen MR) is 105 cm³/mol. The zero-order valence-electron chi connectivity index (χ0n) is 14.2. The maximum absolute atomic E-state index is 13.0. The highest BCUT2D eigenvalue weighted by Crippen LogP contribution is 2.37. The molecular weight excluding hydrogens is 397 g/mol. The second kappa shape index (κ2) is 8.63. The van der Waals surface area contributed by atoms with Gasteiger partial charge in [0.1, 0.15) is 12.4 Å². The summed E-state index contributed by atoms with van der Waals surface area (Å²) in [7, 11) is 1.59. The predicted octanol–water partition coefficient (Wildman–Crippen LogP) is 5.93. The van der Waals surface area contributed by atoms with Crippen molar-refractivity contribution in [3.05, 3.63) is 88.1 Å². The smallest absolute Gasteiger partial charge is 0.175 e. The summed E-state index contributed by atoms with van der Waals surface area (Å²) >= 11 is 3.52. The highest BCUT2D eigenvalue weighted by molar-refractivity contribution is 9.10. The van der Waals surface area contributed by atoms with Gasteiger partial charge in [0, 0.05) is 6.21 Å². The molecule has 0 unspecified atom stereocenters. The Bertz CT molecular complexity index is 896. The van der Waals surface area contributed by atoms with Crippen molar-refractivity contribution < 1.29 is 13.9 Å². The van der Waals surface area contributed by atoms with E-state index in [9.17, 15) is 4.39 Å². The van der Waals surface area contributed by atoms with Gasteiger partial charge in [-0.3, -0.25) is 4.99 Å². The molecular formula is C21H17BrFNO2. The van der Waals surface area contributed by atoms with Crippen LogP contribution in [0, 0.1) is 5.82 Å². The van der Waals surface area contributed by atoms with Crippen molar-refractivity contribution in [3.63, 3.8) is 0 Å². The van der Waals surface area contributed by atoms with Crippen molar-refractivity contribution in [2.45, 2.75) is 6.61 Å². The quantitative estimate of drug-likeness (QED) is 0.469. The Balaban J connectivity index is 1.78. The van der Waals surface area contributed by atoms with E-state index in [0.29, 0.717) is 18.1 Å². The molecule has 3 rings (SSSR count). The van der Waals surface area contributed by atoms with Gasteiger partial charge in [0.05, 0.1) is 17.3 Å². The van der Waals surface area contributed by atoms with Crippen molar-refractivity contribution in [3.8, 4) is 11.5 Å². The van der Waals surface area contributed by atoms with Crippen LogP contribution in [0.5, 0.6) is 11.5 Å². The van der Waals surface area contributed by atoms with Crippen LogP contribution in [0.1, 0.15) is 11.1 Å². The molecule has 3 nitrogen and oxygen atoms in total. The van der Waals surface area contributed by atoms with E-state index in [1.165, 1.54) is 12.1 Å². The van der Waals surface area contributed by atoms with Gasteiger partial charge >= 0.3 is 0 Å². The van der Waals surface area contributed by atoms with Crippen molar-refractivity contribution in [2.75, 3.05) is 7.11 Å². The average Bonchev–Trinajstić information content (AvgIpc) is 2.67. The molecule has 0 spiro atoms. The van der Waals surface area contributed by atoms with Gasteiger partial charge in [0.25, 0.3) is 0 Å². The molecule has 0 amide bonds. The van der Waals surface area contributed by atoms with Gasteiger partial charge in [-0.15, -0.1) is 0 Å². The van der Waals surface area contributed by atoms with E-state index in [2.05, 4.69) is 20.9 Å². The summed E-state index contributed by atoms with van der Waals surface area (Å²) in [6.07, 6.45) is 1.77. The minimum absolute atomic E-state index is 0.269. The molecule has 0 aromatic heterocycles. The van der Waals surface area contributed by atoms with Crippen molar-refractivity contribution in [1.82, 2.24) is 0 Å². The Morgan fingerprint density at radius 3 is 2.46 bits per heavy atom. The molecule has 3 aromatic carbocycles. The Morgan fingerprint density at radius 1 is 1.04 bits per heavy atom. The number of hydrogen-bond donors (Lipinski definition) is 0. The molecule has 5 heteroatoms. The van der Waals surface area contributed by atoms with Crippen LogP contribution in [0.2, 0.25) is 0 Å². The minimum atomic E-state index is -0.269. The lowest BCUT2D eigenvalue weighted by Gasteiger charge is -2.13. The van der Waals surface area contributed by atoms with Gasteiger partial charge in [-0.05, 0) is 63.5 Å². The van der Waals surface area contributed by atoms with Crippen molar-refractivity contribution in [1.29, 1.82) is 0 Å². The summed E-state index contributed by atoms with van der Waals surface area (Å²) < 4.78 is 25.1. The molecule has 0 saturated heterocycles. The third kappa shape index (κ3) is 4.70. The molecule has 132 valence electrons. The van der Waals surface area contributed by atoms with Crippen LogP contribution in [0.4, 0.5) is 10.1 Å². The molecule has 0 atom stereocenters. The molecule has 0 saturated carbocycles. The van der Waals surface area contributed by atoms with Crippen molar-refractivity contribution >= 4 is 27.8 Å². The number of hydrogen-bond acceptors (Lipinski definition) is 3. The van der Waals surface area contributed by atoms with Crippen LogP contribution in [-0.4, -0.2) is 13.3 Å². The van der Waals surface area contributed by atoms with E-state index in [0.717, 1.165) is 21.3 Å². The Kier molecular flexibility index (Phi) is 6.02. The van der Waals surface area contributed by atoms with E-state index >= 15 is 0 Å². The van der Waals surface area contributed by atoms with Gasteiger partial charge in [-0.1, -0.05) is 30.3 Å². The maximum Gasteiger partial charge on any atom is 0.175 e. The second-order valence-corrected chi connectivity index (χ2v) is 6.40. The van der Waals surface area contributed by atoms with E-state index in [1.807, 2.05) is 42.5 Å². The summed E-state index contributed by atoms with van der Waals surface area (Å²) in [6.45, 7) is 0.312. The largest absolute Gasteiger partial charge is 0.493 e. The summed E-state index contributed by atoms with van der Waals surface area (Å²) in [5, 5.41) is 0. The van der Waals surface area contributed by atoms with Crippen LogP contribution in [0.25, 0.3) is 0 Å². The van der Waals surface area contributed by atoms with Gasteiger partial charge in [-0.25, -0.2) is 4.39 Å². The summed E-state index contributed by atoms with van der Waals surface area (Å²) in [4.78, 5) is 4.45. The minimum Gasteiger partial charge on any atom is -0.493 e. The molecule has 0 radical (unpaired) electrons. The standard InChI is InChI=1S/C21H17BrFNO2/c1-25-20-12-16(13-24-18-5-3-2-4-6-18)11-19(22)21(20)26-14-15-7-9-17(23)10-8-15/h2-13H,14H2,1H3. The number of methoxy groups -OCH3 is 1. The Labute approximate surface area is 160 Å². The van der Waals surface area contributed by atoms with E-state index in [4.69, 9.17) is 9.47 Å². The average molecular weight is 414 g/mol. The lowest BCUT2D eigenvalue weighted by molar-refractivity contribution is 0.282. The Morgan fingerprint density at radius 2 is 1.77 bits per heavy atom. The molecule has 0 fully saturated rings. The monoisotopic (exact) mass is 413 g/mol. The van der Waals surface area contributed by atoms with Crippen LogP contribution in [-0.2, 0) is 6.61 Å². The molecule has 0 N–H and O–H groups in total. The Hall–Kier alpha value is -2.66. The fourth-order valence-electron chi connectivity index (χ4n) is 2.35.